The van der Waals surface area contributed by atoms with Crippen LogP contribution in [0.4, 0.5) is 0 Å². The van der Waals surface area contributed by atoms with Gasteiger partial charge in [0.05, 0.1) is 11.7 Å². The van der Waals surface area contributed by atoms with E-state index in [1.54, 1.807) is 0 Å². The lowest BCUT2D eigenvalue weighted by Crippen LogP contribution is -2.67. The second-order valence-corrected chi connectivity index (χ2v) is 13.3. The highest BCUT2D eigenvalue weighted by molar-refractivity contribution is 5.13. The lowest BCUT2D eigenvalue weighted by atomic mass is 9.52. The molecule has 2 heterocycles. The molecule has 4 aliphatic carbocycles. The van der Waals surface area contributed by atoms with Crippen LogP contribution < -0.4 is 0 Å². The first-order chi connectivity index (χ1) is 14.3. The van der Waals surface area contributed by atoms with E-state index >= 15 is 0 Å². The van der Waals surface area contributed by atoms with E-state index < -0.39 is 5.60 Å². The zero-order valence-corrected chi connectivity index (χ0v) is 19.6. The van der Waals surface area contributed by atoms with Gasteiger partial charge < -0.3 is 10.2 Å². The van der Waals surface area contributed by atoms with Crippen molar-refractivity contribution in [2.45, 2.75) is 103 Å². The van der Waals surface area contributed by atoms with Crippen LogP contribution in [-0.4, -0.2) is 45.9 Å². The number of piperidine rings is 2. The molecular formula is C27H45NO2. The van der Waals surface area contributed by atoms with Crippen molar-refractivity contribution < 1.29 is 10.2 Å². The Hall–Kier alpha value is -0.120. The highest BCUT2D eigenvalue weighted by Gasteiger charge is 2.63. The van der Waals surface area contributed by atoms with Crippen LogP contribution in [0.2, 0.25) is 0 Å². The molecule has 2 aliphatic heterocycles. The van der Waals surface area contributed by atoms with Gasteiger partial charge in [0.25, 0.3) is 0 Å². The van der Waals surface area contributed by atoms with E-state index in [1.165, 1.54) is 64.5 Å². The van der Waals surface area contributed by atoms with Crippen molar-refractivity contribution >= 4 is 0 Å². The van der Waals surface area contributed by atoms with E-state index in [0.29, 0.717) is 23.3 Å². The maximum absolute atomic E-state index is 11.8. The maximum atomic E-state index is 11.8. The topological polar surface area (TPSA) is 43.7 Å². The summed E-state index contributed by atoms with van der Waals surface area (Å²) in [7, 11) is 0. The molecule has 3 nitrogen and oxygen atoms in total. The first-order valence-electron chi connectivity index (χ1n) is 13.4. The third-order valence-corrected chi connectivity index (χ3v) is 12.0. The predicted molar refractivity (Wildman–Crippen MR) is 120 cm³/mol. The molecule has 0 amide bonds. The Kier molecular flexibility index (Phi) is 4.74. The van der Waals surface area contributed by atoms with Gasteiger partial charge in [-0.05, 0) is 124 Å². The lowest BCUT2D eigenvalue weighted by molar-refractivity contribution is -0.175. The Labute approximate surface area is 184 Å². The van der Waals surface area contributed by atoms with Crippen molar-refractivity contribution in [3.05, 3.63) is 0 Å². The minimum atomic E-state index is -0.497. The van der Waals surface area contributed by atoms with Gasteiger partial charge in [-0.25, -0.2) is 0 Å². The van der Waals surface area contributed by atoms with Crippen LogP contribution in [0.15, 0.2) is 0 Å². The monoisotopic (exact) mass is 415 g/mol. The molecule has 0 aromatic carbocycles. The van der Waals surface area contributed by atoms with E-state index in [1.807, 2.05) is 0 Å². The normalized spacial score (nSPS) is 60.7. The number of aliphatic hydroxyl groups is 2. The second kappa shape index (κ2) is 6.94. The first-order valence-corrected chi connectivity index (χ1v) is 13.4. The Bertz CT molecular complexity index is 678. The summed E-state index contributed by atoms with van der Waals surface area (Å²) in [6, 6.07) is 0.400. The fourth-order valence-electron chi connectivity index (χ4n) is 10.6. The highest BCUT2D eigenvalue weighted by atomic mass is 16.3. The van der Waals surface area contributed by atoms with Crippen molar-refractivity contribution in [1.82, 2.24) is 4.90 Å². The second-order valence-electron chi connectivity index (χ2n) is 13.3. The molecule has 4 saturated carbocycles. The van der Waals surface area contributed by atoms with Crippen LogP contribution in [-0.2, 0) is 0 Å². The van der Waals surface area contributed by atoms with Crippen molar-refractivity contribution in [3.8, 4) is 0 Å². The Morgan fingerprint density at radius 2 is 1.57 bits per heavy atom. The zero-order chi connectivity index (χ0) is 20.8. The summed E-state index contributed by atoms with van der Waals surface area (Å²) in [6.07, 6.45) is 12.6. The van der Waals surface area contributed by atoms with E-state index in [0.717, 1.165) is 48.3 Å². The van der Waals surface area contributed by atoms with Crippen LogP contribution in [0.1, 0.15) is 85.0 Å². The molecule has 2 N–H and O–H groups in total. The largest absolute Gasteiger partial charge is 0.393 e. The smallest absolute Gasteiger partial charge is 0.0805 e. The van der Waals surface area contributed by atoms with Gasteiger partial charge in [-0.2, -0.15) is 0 Å². The number of hydrogen-bond donors (Lipinski definition) is 2. The summed E-state index contributed by atoms with van der Waals surface area (Å²) in [4.78, 5) is 2.72. The highest BCUT2D eigenvalue weighted by Crippen LogP contribution is 2.67. The molecular weight excluding hydrogens is 370 g/mol. The third-order valence-electron chi connectivity index (χ3n) is 12.0. The van der Waals surface area contributed by atoms with Crippen LogP contribution in [0.5, 0.6) is 0 Å². The van der Waals surface area contributed by atoms with Gasteiger partial charge >= 0.3 is 0 Å². The third kappa shape index (κ3) is 2.80. The first kappa shape index (κ1) is 20.5. The van der Waals surface area contributed by atoms with E-state index in [4.69, 9.17) is 0 Å². The Balaban J connectivity index is 1.29. The number of hydrogen-bond acceptors (Lipinski definition) is 3. The molecule has 0 spiro atoms. The van der Waals surface area contributed by atoms with E-state index in [-0.39, 0.29) is 6.10 Å². The molecule has 30 heavy (non-hydrogen) atoms. The SMILES string of the molecule is C[C@H]1CC[C@@H]2N(C1)C[C@H]1[C@@H]3C[C@H]4[C@@H](CC[C@@H]5CC(O)CC[C@@]54C)[C@@H]3CC[C@@H]1[C@]2(C)O. The average Bonchev–Trinajstić information content (AvgIpc) is 3.09. The van der Waals surface area contributed by atoms with E-state index in [2.05, 4.69) is 25.7 Å². The average molecular weight is 416 g/mol. The van der Waals surface area contributed by atoms with Gasteiger partial charge in [0.2, 0.25) is 0 Å². The fraction of sp³-hybridized carbons (Fsp3) is 1.00. The molecule has 6 aliphatic rings. The van der Waals surface area contributed by atoms with E-state index in [9.17, 15) is 10.2 Å². The van der Waals surface area contributed by atoms with Crippen molar-refractivity contribution in [3.63, 3.8) is 0 Å². The maximum Gasteiger partial charge on any atom is 0.0805 e. The molecule has 0 aromatic heterocycles. The summed E-state index contributed by atoms with van der Waals surface area (Å²) in [6.45, 7) is 9.68. The van der Waals surface area contributed by atoms with Crippen LogP contribution in [0, 0.1) is 52.8 Å². The van der Waals surface area contributed by atoms with Gasteiger partial charge in [0, 0.05) is 19.1 Å². The van der Waals surface area contributed by atoms with Gasteiger partial charge in [0.1, 0.15) is 0 Å². The van der Waals surface area contributed by atoms with Gasteiger partial charge in [-0.3, -0.25) is 4.90 Å². The van der Waals surface area contributed by atoms with Gasteiger partial charge in [0.15, 0.2) is 0 Å². The number of rotatable bonds is 0. The molecule has 0 radical (unpaired) electrons. The van der Waals surface area contributed by atoms with Crippen LogP contribution >= 0.6 is 0 Å². The predicted octanol–water partition coefficient (Wildman–Crippen LogP) is 4.71. The number of fused-ring (bicyclic) bond motifs is 8. The van der Waals surface area contributed by atoms with Crippen LogP contribution in [0.3, 0.4) is 0 Å². The molecule has 3 heteroatoms. The molecule has 2 saturated heterocycles. The van der Waals surface area contributed by atoms with Crippen molar-refractivity contribution in [2.24, 2.45) is 52.8 Å². The number of aliphatic hydroxyl groups excluding tert-OH is 1. The Morgan fingerprint density at radius 3 is 2.40 bits per heavy atom. The molecule has 6 rings (SSSR count). The van der Waals surface area contributed by atoms with Crippen LogP contribution in [0.25, 0.3) is 0 Å². The summed E-state index contributed by atoms with van der Waals surface area (Å²) in [5.41, 5.74) is -0.0302. The molecule has 12 atom stereocenters. The van der Waals surface area contributed by atoms with Gasteiger partial charge in [-0.15, -0.1) is 0 Å². The quantitative estimate of drug-likeness (QED) is 0.602. The summed E-state index contributed by atoms with van der Waals surface area (Å²) in [5, 5.41) is 22.1. The molecule has 1 unspecified atom stereocenters. The fourth-order valence-corrected chi connectivity index (χ4v) is 10.6. The lowest BCUT2D eigenvalue weighted by Gasteiger charge is -2.59. The Morgan fingerprint density at radius 1 is 0.767 bits per heavy atom. The zero-order valence-electron chi connectivity index (χ0n) is 19.6. The molecule has 0 bridgehead atoms. The summed E-state index contributed by atoms with van der Waals surface area (Å²) >= 11 is 0. The minimum Gasteiger partial charge on any atom is -0.393 e. The van der Waals surface area contributed by atoms with Crippen molar-refractivity contribution in [2.75, 3.05) is 13.1 Å². The van der Waals surface area contributed by atoms with Crippen molar-refractivity contribution in [1.29, 1.82) is 0 Å². The molecule has 0 aromatic rings. The standard InChI is InChI=1S/C27H45NO2/c1-16-4-9-25-27(3,30)23-8-7-19-20-6-5-17-12-18(29)10-11-26(17,2)24(20)13-21(19)22(23)15-28(25)14-16/h16-25,29-30H,4-15H2,1-3H3/t16-,17+,18?,19-,20-,21+,22-,23-,24-,25-,26-,27-/m0/s1. The summed E-state index contributed by atoms with van der Waals surface area (Å²) in [5.74, 6) is 6.32. The molecule has 6 fully saturated rings. The van der Waals surface area contributed by atoms with Gasteiger partial charge in [-0.1, -0.05) is 13.8 Å². The summed E-state index contributed by atoms with van der Waals surface area (Å²) < 4.78 is 0. The molecule has 170 valence electrons. The number of nitrogens with zero attached hydrogens (tertiary/aromatic N) is 1. The minimum absolute atomic E-state index is 0.0425.